The Labute approximate surface area is 78.5 Å². The molecule has 0 saturated heterocycles. The third-order valence-corrected chi connectivity index (χ3v) is 2.42. The molecule has 0 aliphatic heterocycles. The fourth-order valence-electron chi connectivity index (χ4n) is 1.15. The van der Waals surface area contributed by atoms with Crippen molar-refractivity contribution in [2.45, 2.75) is 0 Å². The molecule has 1 aromatic heterocycles. The molecule has 0 atom stereocenters. The van der Waals surface area contributed by atoms with Gasteiger partial charge in [0, 0.05) is 16.1 Å². The molecule has 12 heavy (non-hydrogen) atoms. The normalized spacial score (nSPS) is 10.4. The van der Waals surface area contributed by atoms with Crippen molar-refractivity contribution >= 4 is 32.5 Å². The van der Waals surface area contributed by atoms with Crippen molar-refractivity contribution in [2.75, 3.05) is 5.73 Å². The standard InChI is InChI=1S/C9H7BrN2/c10-8-3-1-2-6-4-9(11)12-5-7(6)8/h1-5H,(H2,11,12). The van der Waals surface area contributed by atoms with Crippen LogP contribution in [0.4, 0.5) is 5.82 Å². The summed E-state index contributed by atoms with van der Waals surface area (Å²) in [5.74, 6) is 0.556. The largest absolute Gasteiger partial charge is 0.384 e. The highest BCUT2D eigenvalue weighted by molar-refractivity contribution is 9.10. The van der Waals surface area contributed by atoms with Crippen LogP contribution in [-0.2, 0) is 0 Å². The molecule has 0 amide bonds. The van der Waals surface area contributed by atoms with E-state index in [-0.39, 0.29) is 0 Å². The molecule has 0 aliphatic rings. The van der Waals surface area contributed by atoms with Crippen molar-refractivity contribution < 1.29 is 0 Å². The van der Waals surface area contributed by atoms with E-state index in [2.05, 4.69) is 20.9 Å². The Morgan fingerprint density at radius 2 is 2.17 bits per heavy atom. The summed E-state index contributed by atoms with van der Waals surface area (Å²) in [4.78, 5) is 4.02. The van der Waals surface area contributed by atoms with Gasteiger partial charge < -0.3 is 5.73 Å². The molecular formula is C9H7BrN2. The molecule has 1 aromatic carbocycles. The molecular weight excluding hydrogens is 216 g/mol. The van der Waals surface area contributed by atoms with Gasteiger partial charge in [-0.05, 0) is 17.5 Å². The maximum absolute atomic E-state index is 5.55. The predicted octanol–water partition coefficient (Wildman–Crippen LogP) is 2.58. The maximum Gasteiger partial charge on any atom is 0.123 e. The van der Waals surface area contributed by atoms with E-state index in [4.69, 9.17) is 5.73 Å². The van der Waals surface area contributed by atoms with Gasteiger partial charge in [-0.2, -0.15) is 0 Å². The van der Waals surface area contributed by atoms with E-state index in [1.54, 1.807) is 6.20 Å². The lowest BCUT2D eigenvalue weighted by atomic mass is 10.2. The number of fused-ring (bicyclic) bond motifs is 1. The van der Waals surface area contributed by atoms with Crippen LogP contribution in [0.3, 0.4) is 0 Å². The zero-order valence-electron chi connectivity index (χ0n) is 6.29. The van der Waals surface area contributed by atoms with Crippen molar-refractivity contribution in [3.05, 3.63) is 34.9 Å². The van der Waals surface area contributed by atoms with Gasteiger partial charge in [-0.15, -0.1) is 0 Å². The fourth-order valence-corrected chi connectivity index (χ4v) is 1.64. The summed E-state index contributed by atoms with van der Waals surface area (Å²) < 4.78 is 1.05. The van der Waals surface area contributed by atoms with E-state index in [1.165, 1.54) is 0 Å². The van der Waals surface area contributed by atoms with Gasteiger partial charge in [0.1, 0.15) is 5.82 Å². The van der Waals surface area contributed by atoms with Crippen LogP contribution in [0.2, 0.25) is 0 Å². The molecule has 2 aromatic rings. The van der Waals surface area contributed by atoms with Crippen molar-refractivity contribution in [1.82, 2.24) is 4.98 Å². The average molecular weight is 223 g/mol. The van der Waals surface area contributed by atoms with Crippen LogP contribution < -0.4 is 5.73 Å². The third-order valence-electron chi connectivity index (χ3n) is 1.73. The molecule has 0 aliphatic carbocycles. The van der Waals surface area contributed by atoms with Crippen LogP contribution in [-0.4, -0.2) is 4.98 Å². The number of benzene rings is 1. The molecule has 2 N–H and O–H groups in total. The first-order valence-corrected chi connectivity index (χ1v) is 4.36. The third kappa shape index (κ3) is 1.16. The number of hydrogen-bond donors (Lipinski definition) is 1. The SMILES string of the molecule is Nc1cc2cccc(Br)c2cn1. The van der Waals surface area contributed by atoms with Crippen molar-refractivity contribution in [3.8, 4) is 0 Å². The quantitative estimate of drug-likeness (QED) is 0.745. The highest BCUT2D eigenvalue weighted by atomic mass is 79.9. The van der Waals surface area contributed by atoms with E-state index >= 15 is 0 Å². The highest BCUT2D eigenvalue weighted by Crippen LogP contribution is 2.23. The van der Waals surface area contributed by atoms with E-state index in [9.17, 15) is 0 Å². The van der Waals surface area contributed by atoms with Crippen molar-refractivity contribution in [1.29, 1.82) is 0 Å². The van der Waals surface area contributed by atoms with Crippen LogP contribution >= 0.6 is 15.9 Å². The van der Waals surface area contributed by atoms with Crippen LogP contribution in [0.1, 0.15) is 0 Å². The highest BCUT2D eigenvalue weighted by Gasteiger charge is 1.97. The van der Waals surface area contributed by atoms with Crippen LogP contribution in [0.5, 0.6) is 0 Å². The minimum atomic E-state index is 0.556. The van der Waals surface area contributed by atoms with E-state index < -0.39 is 0 Å². The predicted molar refractivity (Wildman–Crippen MR) is 53.9 cm³/mol. The van der Waals surface area contributed by atoms with Crippen LogP contribution in [0.25, 0.3) is 10.8 Å². The zero-order chi connectivity index (χ0) is 8.55. The van der Waals surface area contributed by atoms with Gasteiger partial charge >= 0.3 is 0 Å². The van der Waals surface area contributed by atoms with E-state index in [0.29, 0.717) is 5.82 Å². The molecule has 60 valence electrons. The molecule has 2 nitrogen and oxygen atoms in total. The van der Waals surface area contributed by atoms with Gasteiger partial charge in [0.05, 0.1) is 0 Å². The Bertz CT molecular complexity index is 426. The average Bonchev–Trinajstić information content (AvgIpc) is 2.04. The maximum atomic E-state index is 5.55. The van der Waals surface area contributed by atoms with Gasteiger partial charge in [0.25, 0.3) is 0 Å². The Kier molecular flexibility index (Phi) is 1.73. The smallest absolute Gasteiger partial charge is 0.123 e. The number of nitrogens with zero attached hydrogens (tertiary/aromatic N) is 1. The molecule has 0 unspecified atom stereocenters. The lowest BCUT2D eigenvalue weighted by Crippen LogP contribution is -1.88. The Morgan fingerprint density at radius 3 is 3.00 bits per heavy atom. The Balaban J connectivity index is 2.86. The molecule has 0 radical (unpaired) electrons. The summed E-state index contributed by atoms with van der Waals surface area (Å²) in [7, 11) is 0. The number of aromatic nitrogens is 1. The monoisotopic (exact) mass is 222 g/mol. The zero-order valence-corrected chi connectivity index (χ0v) is 7.88. The number of hydrogen-bond acceptors (Lipinski definition) is 2. The molecule has 0 fully saturated rings. The van der Waals surface area contributed by atoms with Crippen molar-refractivity contribution in [3.63, 3.8) is 0 Å². The number of anilines is 1. The first-order valence-electron chi connectivity index (χ1n) is 3.57. The fraction of sp³-hybridized carbons (Fsp3) is 0. The summed E-state index contributed by atoms with van der Waals surface area (Å²) in [5.41, 5.74) is 5.55. The topological polar surface area (TPSA) is 38.9 Å². The second-order valence-electron chi connectivity index (χ2n) is 2.57. The number of nitrogens with two attached hydrogens (primary N) is 1. The molecule has 0 spiro atoms. The lowest BCUT2D eigenvalue weighted by Gasteiger charge is -1.99. The minimum Gasteiger partial charge on any atom is -0.384 e. The molecule has 2 rings (SSSR count). The lowest BCUT2D eigenvalue weighted by molar-refractivity contribution is 1.37. The molecule has 0 bridgehead atoms. The van der Waals surface area contributed by atoms with Gasteiger partial charge in [0.2, 0.25) is 0 Å². The minimum absolute atomic E-state index is 0.556. The molecule has 3 heteroatoms. The van der Waals surface area contributed by atoms with Gasteiger partial charge in [0.15, 0.2) is 0 Å². The van der Waals surface area contributed by atoms with E-state index in [0.717, 1.165) is 15.2 Å². The van der Waals surface area contributed by atoms with Crippen LogP contribution in [0.15, 0.2) is 34.9 Å². The summed E-state index contributed by atoms with van der Waals surface area (Å²) in [6, 6.07) is 7.84. The first kappa shape index (κ1) is 7.55. The Hall–Kier alpha value is -1.09. The van der Waals surface area contributed by atoms with Crippen molar-refractivity contribution in [2.24, 2.45) is 0 Å². The second-order valence-corrected chi connectivity index (χ2v) is 3.42. The van der Waals surface area contributed by atoms with Gasteiger partial charge in [-0.25, -0.2) is 4.98 Å². The number of nitrogen functional groups attached to an aromatic ring is 1. The summed E-state index contributed by atoms with van der Waals surface area (Å²) in [6.45, 7) is 0. The first-order chi connectivity index (χ1) is 5.77. The number of pyridine rings is 1. The van der Waals surface area contributed by atoms with Gasteiger partial charge in [-0.3, -0.25) is 0 Å². The summed E-state index contributed by atoms with van der Waals surface area (Å²) in [6.07, 6.45) is 1.77. The number of rotatable bonds is 0. The summed E-state index contributed by atoms with van der Waals surface area (Å²) >= 11 is 3.44. The van der Waals surface area contributed by atoms with Crippen LogP contribution in [0, 0.1) is 0 Å². The van der Waals surface area contributed by atoms with Gasteiger partial charge in [-0.1, -0.05) is 28.1 Å². The molecule has 1 heterocycles. The summed E-state index contributed by atoms with van der Waals surface area (Å²) in [5, 5.41) is 2.20. The Morgan fingerprint density at radius 1 is 1.33 bits per heavy atom. The number of halogens is 1. The molecule has 0 saturated carbocycles. The second kappa shape index (κ2) is 2.75. The van der Waals surface area contributed by atoms with E-state index in [1.807, 2.05) is 24.3 Å².